The number of hydrogen-bond donors (Lipinski definition) is 0. The van der Waals surface area contributed by atoms with E-state index in [0.717, 1.165) is 24.3 Å². The van der Waals surface area contributed by atoms with Crippen LogP contribution in [0.4, 0.5) is 0 Å². The maximum atomic E-state index is 6.17. The highest BCUT2D eigenvalue weighted by Gasteiger charge is 2.19. The van der Waals surface area contributed by atoms with E-state index in [-0.39, 0.29) is 0 Å². The minimum Gasteiger partial charge on any atom is -0.376 e. The van der Waals surface area contributed by atoms with E-state index >= 15 is 0 Å². The zero-order valence-electron chi connectivity index (χ0n) is 11.3. The van der Waals surface area contributed by atoms with Gasteiger partial charge in [-0.15, -0.1) is 0 Å². The minimum atomic E-state index is 0.561. The predicted octanol–water partition coefficient (Wildman–Crippen LogP) is 3.50. The van der Waals surface area contributed by atoms with Crippen molar-refractivity contribution in [2.75, 3.05) is 6.61 Å². The van der Waals surface area contributed by atoms with Crippen LogP contribution < -0.4 is 0 Å². The monoisotopic (exact) mass is 268 g/mol. The third-order valence-corrected chi connectivity index (χ3v) is 4.24. The van der Waals surface area contributed by atoms with Gasteiger partial charge >= 0.3 is 0 Å². The Morgan fingerprint density at radius 3 is 2.78 bits per heavy atom. The Hall–Kier alpha value is -0.800. The summed E-state index contributed by atoms with van der Waals surface area (Å²) >= 11 is 6.17. The smallest absolute Gasteiger partial charge is 0.132 e. The quantitative estimate of drug-likeness (QED) is 0.782. The third-order valence-electron chi connectivity index (χ3n) is 3.77. The van der Waals surface area contributed by atoms with Crippen molar-refractivity contribution in [2.24, 2.45) is 18.9 Å². The third kappa shape index (κ3) is 2.96. The number of nitrogens with zero attached hydrogens (tertiary/aromatic N) is 2. The van der Waals surface area contributed by atoms with Crippen molar-refractivity contribution in [2.45, 2.75) is 33.3 Å². The average molecular weight is 269 g/mol. The van der Waals surface area contributed by atoms with Gasteiger partial charge in [0.05, 0.1) is 18.9 Å². The molecule has 2 atom stereocenters. The van der Waals surface area contributed by atoms with Gasteiger partial charge in [-0.2, -0.15) is 5.10 Å². The van der Waals surface area contributed by atoms with Crippen molar-refractivity contribution in [3.8, 4) is 0 Å². The fourth-order valence-electron chi connectivity index (χ4n) is 2.39. The molecule has 0 aromatic carbocycles. The van der Waals surface area contributed by atoms with Gasteiger partial charge in [0.15, 0.2) is 0 Å². The number of hydrogen-bond acceptors (Lipinski definition) is 2. The van der Waals surface area contributed by atoms with Crippen molar-refractivity contribution < 1.29 is 4.74 Å². The summed E-state index contributed by atoms with van der Waals surface area (Å²) in [6, 6.07) is 0. The Kier molecular flexibility index (Phi) is 4.46. The molecule has 1 aliphatic carbocycles. The number of aryl methyl sites for hydroxylation is 2. The highest BCUT2D eigenvalue weighted by molar-refractivity contribution is 6.30. The molecular formula is C14H21ClN2O. The first-order chi connectivity index (χ1) is 8.59. The Balaban J connectivity index is 1.87. The van der Waals surface area contributed by atoms with Gasteiger partial charge in [0.1, 0.15) is 5.15 Å². The fourth-order valence-corrected chi connectivity index (χ4v) is 2.62. The van der Waals surface area contributed by atoms with E-state index in [0.29, 0.717) is 23.6 Å². The molecule has 0 saturated carbocycles. The van der Waals surface area contributed by atoms with E-state index in [2.05, 4.69) is 24.2 Å². The van der Waals surface area contributed by atoms with Crippen LogP contribution in [0, 0.1) is 18.8 Å². The second-order valence-electron chi connectivity index (χ2n) is 5.17. The molecule has 0 fully saturated rings. The summed E-state index contributed by atoms with van der Waals surface area (Å²) in [6.45, 7) is 5.62. The average Bonchev–Trinajstić information content (AvgIpc) is 2.58. The molecule has 0 saturated heterocycles. The Morgan fingerprint density at radius 1 is 1.44 bits per heavy atom. The molecule has 2 rings (SSSR count). The van der Waals surface area contributed by atoms with Crippen molar-refractivity contribution >= 4 is 11.6 Å². The van der Waals surface area contributed by atoms with Gasteiger partial charge in [-0.1, -0.05) is 30.7 Å². The first-order valence-corrected chi connectivity index (χ1v) is 6.88. The molecule has 0 spiro atoms. The molecule has 2 unspecified atom stereocenters. The van der Waals surface area contributed by atoms with Crippen LogP contribution >= 0.6 is 11.6 Å². The topological polar surface area (TPSA) is 27.1 Å². The first kappa shape index (κ1) is 13.6. The van der Waals surface area contributed by atoms with Gasteiger partial charge in [0.25, 0.3) is 0 Å². The summed E-state index contributed by atoms with van der Waals surface area (Å²) in [4.78, 5) is 0. The van der Waals surface area contributed by atoms with Crippen LogP contribution in [0.2, 0.25) is 5.15 Å². The largest absolute Gasteiger partial charge is 0.376 e. The molecule has 0 bridgehead atoms. The number of halogens is 1. The number of ether oxygens (including phenoxy) is 1. The summed E-state index contributed by atoms with van der Waals surface area (Å²) in [5.74, 6) is 1.34. The molecule has 1 aromatic heterocycles. The molecule has 3 nitrogen and oxygen atoms in total. The van der Waals surface area contributed by atoms with Crippen molar-refractivity contribution in [1.29, 1.82) is 0 Å². The molecule has 100 valence electrons. The second kappa shape index (κ2) is 5.89. The van der Waals surface area contributed by atoms with Crippen LogP contribution in [0.3, 0.4) is 0 Å². The molecule has 18 heavy (non-hydrogen) atoms. The lowest BCUT2D eigenvalue weighted by Gasteiger charge is -2.24. The molecule has 0 radical (unpaired) electrons. The van der Waals surface area contributed by atoms with E-state index in [4.69, 9.17) is 16.3 Å². The van der Waals surface area contributed by atoms with Crippen LogP contribution in [0.25, 0.3) is 0 Å². The van der Waals surface area contributed by atoms with E-state index in [1.807, 2.05) is 14.0 Å². The lowest BCUT2D eigenvalue weighted by Crippen LogP contribution is -2.19. The lowest BCUT2D eigenvalue weighted by atomic mass is 9.85. The van der Waals surface area contributed by atoms with Gasteiger partial charge in [0, 0.05) is 12.6 Å². The van der Waals surface area contributed by atoms with Crippen molar-refractivity contribution in [1.82, 2.24) is 9.78 Å². The molecule has 0 amide bonds. The van der Waals surface area contributed by atoms with E-state index in [1.165, 1.54) is 6.42 Å². The van der Waals surface area contributed by atoms with Crippen LogP contribution in [0.5, 0.6) is 0 Å². The van der Waals surface area contributed by atoms with Crippen LogP contribution in [-0.2, 0) is 18.4 Å². The molecule has 4 heteroatoms. The molecule has 1 aliphatic rings. The summed E-state index contributed by atoms with van der Waals surface area (Å²) in [6.07, 6.45) is 6.82. The number of rotatable bonds is 4. The van der Waals surface area contributed by atoms with Crippen LogP contribution in [0.1, 0.15) is 31.0 Å². The van der Waals surface area contributed by atoms with Crippen molar-refractivity contribution in [3.63, 3.8) is 0 Å². The van der Waals surface area contributed by atoms with Gasteiger partial charge in [-0.05, 0) is 31.6 Å². The van der Waals surface area contributed by atoms with E-state index in [9.17, 15) is 0 Å². The molecule has 1 aromatic rings. The Morgan fingerprint density at radius 2 is 2.17 bits per heavy atom. The molecule has 1 heterocycles. The Labute approximate surface area is 114 Å². The van der Waals surface area contributed by atoms with Crippen molar-refractivity contribution in [3.05, 3.63) is 28.6 Å². The van der Waals surface area contributed by atoms with Gasteiger partial charge < -0.3 is 4.74 Å². The lowest BCUT2D eigenvalue weighted by molar-refractivity contribution is 0.0678. The van der Waals surface area contributed by atoms with E-state index in [1.54, 1.807) is 4.68 Å². The molecular weight excluding hydrogens is 248 g/mol. The van der Waals surface area contributed by atoms with E-state index < -0.39 is 0 Å². The fraction of sp³-hybridized carbons (Fsp3) is 0.643. The first-order valence-electron chi connectivity index (χ1n) is 6.50. The molecule has 0 N–H and O–H groups in total. The zero-order chi connectivity index (χ0) is 13.1. The highest BCUT2D eigenvalue weighted by Crippen LogP contribution is 2.26. The standard InChI is InChI=1S/C14H21ClN2O/c1-10-6-4-5-7-12(10)8-18-9-13-11(2)16-17(3)14(13)15/h4-5,10,12H,6-9H2,1-3H3. The maximum absolute atomic E-state index is 6.17. The minimum absolute atomic E-state index is 0.561. The summed E-state index contributed by atoms with van der Waals surface area (Å²) < 4.78 is 7.53. The number of aromatic nitrogens is 2. The SMILES string of the molecule is Cc1nn(C)c(Cl)c1COCC1CC=CCC1C. The molecule has 0 aliphatic heterocycles. The van der Waals surface area contributed by atoms with Gasteiger partial charge in [-0.3, -0.25) is 4.68 Å². The van der Waals surface area contributed by atoms with Gasteiger partial charge in [-0.25, -0.2) is 0 Å². The summed E-state index contributed by atoms with van der Waals surface area (Å²) in [5.41, 5.74) is 1.97. The number of allylic oxidation sites excluding steroid dienone is 2. The van der Waals surface area contributed by atoms with Crippen LogP contribution in [0.15, 0.2) is 12.2 Å². The second-order valence-corrected chi connectivity index (χ2v) is 5.53. The summed E-state index contributed by atoms with van der Waals surface area (Å²) in [5, 5.41) is 4.97. The summed E-state index contributed by atoms with van der Waals surface area (Å²) in [7, 11) is 1.85. The predicted molar refractivity (Wildman–Crippen MR) is 73.6 cm³/mol. The zero-order valence-corrected chi connectivity index (χ0v) is 12.1. The normalized spacial score (nSPS) is 23.6. The highest BCUT2D eigenvalue weighted by atomic mass is 35.5. The van der Waals surface area contributed by atoms with Crippen LogP contribution in [-0.4, -0.2) is 16.4 Å². The maximum Gasteiger partial charge on any atom is 0.132 e. The van der Waals surface area contributed by atoms with Gasteiger partial charge in [0.2, 0.25) is 0 Å². The Bertz CT molecular complexity index is 439.